The van der Waals surface area contributed by atoms with Crippen LogP contribution in [0.15, 0.2) is 18.6 Å². The second-order valence-electron chi connectivity index (χ2n) is 4.18. The first-order chi connectivity index (χ1) is 9.88. The first-order valence-electron chi connectivity index (χ1n) is 5.81. The molecule has 0 aliphatic heterocycles. The van der Waals surface area contributed by atoms with Crippen molar-refractivity contribution in [2.75, 3.05) is 5.32 Å². The number of carbonyl (C=O) groups excluding carboxylic acids is 1. The van der Waals surface area contributed by atoms with Gasteiger partial charge in [0.2, 0.25) is 0 Å². The van der Waals surface area contributed by atoms with Gasteiger partial charge in [-0.1, -0.05) is 23.2 Å². The third-order valence-corrected chi connectivity index (χ3v) is 3.55. The third-order valence-electron chi connectivity index (χ3n) is 2.59. The SMILES string of the molecule is Cc1ncc(C(=O)Nc2cnn(CC(F)F)c2)c(Cl)c1Cl. The molecule has 0 saturated heterocycles. The van der Waals surface area contributed by atoms with Crippen molar-refractivity contribution in [2.45, 2.75) is 19.9 Å². The molecule has 0 aromatic carbocycles. The lowest BCUT2D eigenvalue weighted by Gasteiger charge is -2.07. The largest absolute Gasteiger partial charge is 0.319 e. The van der Waals surface area contributed by atoms with Gasteiger partial charge in [0.25, 0.3) is 12.3 Å². The highest BCUT2D eigenvalue weighted by Crippen LogP contribution is 2.28. The fourth-order valence-electron chi connectivity index (χ4n) is 1.58. The predicted molar refractivity (Wildman–Crippen MR) is 75.2 cm³/mol. The summed E-state index contributed by atoms with van der Waals surface area (Å²) >= 11 is 11.9. The Bertz CT molecular complexity index is 675. The molecular weight excluding hydrogens is 325 g/mol. The Morgan fingerprint density at radius 1 is 1.38 bits per heavy atom. The monoisotopic (exact) mass is 334 g/mol. The Kier molecular flexibility index (Phi) is 4.74. The first-order valence-corrected chi connectivity index (χ1v) is 6.56. The lowest BCUT2D eigenvalue weighted by Crippen LogP contribution is -2.13. The van der Waals surface area contributed by atoms with Crippen LogP contribution in [0.3, 0.4) is 0 Å². The van der Waals surface area contributed by atoms with Gasteiger partial charge >= 0.3 is 0 Å². The van der Waals surface area contributed by atoms with E-state index in [1.165, 1.54) is 18.6 Å². The van der Waals surface area contributed by atoms with Gasteiger partial charge in [-0.25, -0.2) is 8.78 Å². The van der Waals surface area contributed by atoms with Crippen molar-refractivity contribution in [3.63, 3.8) is 0 Å². The number of aromatic nitrogens is 3. The number of aryl methyl sites for hydroxylation is 1. The molecule has 5 nitrogen and oxygen atoms in total. The molecule has 2 aromatic heterocycles. The van der Waals surface area contributed by atoms with Gasteiger partial charge in [-0.2, -0.15) is 5.10 Å². The van der Waals surface area contributed by atoms with E-state index in [2.05, 4.69) is 15.4 Å². The van der Waals surface area contributed by atoms with E-state index in [0.29, 0.717) is 5.69 Å². The quantitative estimate of drug-likeness (QED) is 0.931. The standard InChI is InChI=1S/C12H10Cl2F2N4O/c1-6-10(13)11(14)8(3-17-6)12(21)19-7-2-18-20(4-7)5-9(15)16/h2-4,9H,5H2,1H3,(H,19,21). The summed E-state index contributed by atoms with van der Waals surface area (Å²) in [7, 11) is 0. The summed E-state index contributed by atoms with van der Waals surface area (Å²) in [5.74, 6) is -0.550. The number of nitrogens with one attached hydrogen (secondary N) is 1. The molecule has 0 radical (unpaired) electrons. The number of anilines is 1. The van der Waals surface area contributed by atoms with E-state index in [0.717, 1.165) is 4.68 Å². The van der Waals surface area contributed by atoms with Crippen molar-refractivity contribution in [1.82, 2.24) is 14.8 Å². The van der Waals surface area contributed by atoms with Crippen molar-refractivity contribution < 1.29 is 13.6 Å². The Hall–Kier alpha value is -1.73. The zero-order chi connectivity index (χ0) is 15.6. The van der Waals surface area contributed by atoms with Crippen LogP contribution >= 0.6 is 23.2 Å². The number of pyridine rings is 1. The molecule has 2 rings (SSSR count). The second-order valence-corrected chi connectivity index (χ2v) is 4.94. The van der Waals surface area contributed by atoms with Gasteiger partial charge in [0.05, 0.1) is 33.2 Å². The van der Waals surface area contributed by atoms with Crippen LogP contribution in [0.25, 0.3) is 0 Å². The average Bonchev–Trinajstić information content (AvgIpc) is 2.82. The van der Waals surface area contributed by atoms with E-state index < -0.39 is 18.9 Å². The molecular formula is C12H10Cl2F2N4O. The number of nitrogens with zero attached hydrogens (tertiary/aromatic N) is 3. The summed E-state index contributed by atoms with van der Waals surface area (Å²) in [5.41, 5.74) is 0.866. The fourth-order valence-corrected chi connectivity index (χ4v) is 2.00. The normalized spacial score (nSPS) is 11.0. The summed E-state index contributed by atoms with van der Waals surface area (Å²) in [6.45, 7) is 1.11. The van der Waals surface area contributed by atoms with Crippen molar-refractivity contribution in [3.8, 4) is 0 Å². The molecule has 0 saturated carbocycles. The molecule has 0 aliphatic carbocycles. The van der Waals surface area contributed by atoms with Gasteiger partial charge in [0.15, 0.2) is 0 Å². The summed E-state index contributed by atoms with van der Waals surface area (Å²) in [6, 6.07) is 0. The van der Waals surface area contributed by atoms with Crippen LogP contribution in [0.1, 0.15) is 16.1 Å². The highest BCUT2D eigenvalue weighted by molar-refractivity contribution is 6.44. The molecule has 1 N–H and O–H groups in total. The topological polar surface area (TPSA) is 59.8 Å². The van der Waals surface area contributed by atoms with Crippen molar-refractivity contribution in [2.24, 2.45) is 0 Å². The molecule has 0 unspecified atom stereocenters. The number of amides is 1. The molecule has 9 heteroatoms. The molecule has 0 fully saturated rings. The molecule has 2 heterocycles. The van der Waals surface area contributed by atoms with E-state index in [-0.39, 0.29) is 21.3 Å². The van der Waals surface area contributed by atoms with E-state index in [1.807, 2.05) is 0 Å². The minimum Gasteiger partial charge on any atom is -0.319 e. The fraction of sp³-hybridized carbons (Fsp3) is 0.250. The summed E-state index contributed by atoms with van der Waals surface area (Å²) < 4.78 is 25.4. The molecule has 112 valence electrons. The van der Waals surface area contributed by atoms with Gasteiger partial charge < -0.3 is 5.32 Å². The van der Waals surface area contributed by atoms with Gasteiger partial charge in [-0.3, -0.25) is 14.5 Å². The Balaban J connectivity index is 2.15. The van der Waals surface area contributed by atoms with Crippen LogP contribution in [-0.4, -0.2) is 27.1 Å². The molecule has 0 atom stereocenters. The van der Waals surface area contributed by atoms with Crippen LogP contribution in [0, 0.1) is 6.92 Å². The van der Waals surface area contributed by atoms with Gasteiger partial charge in [0.1, 0.15) is 6.54 Å². The van der Waals surface area contributed by atoms with Crippen LogP contribution < -0.4 is 5.32 Å². The number of hydrogen-bond donors (Lipinski definition) is 1. The lowest BCUT2D eigenvalue weighted by molar-refractivity contribution is 0.102. The minimum atomic E-state index is -2.52. The zero-order valence-electron chi connectivity index (χ0n) is 10.8. The second kappa shape index (κ2) is 6.36. The molecule has 1 amide bonds. The van der Waals surface area contributed by atoms with Gasteiger partial charge in [-0.15, -0.1) is 0 Å². The smallest absolute Gasteiger partial charge is 0.258 e. The number of hydrogen-bond acceptors (Lipinski definition) is 3. The van der Waals surface area contributed by atoms with Crippen LogP contribution in [-0.2, 0) is 6.54 Å². The molecule has 0 bridgehead atoms. The maximum absolute atomic E-state index is 12.2. The zero-order valence-corrected chi connectivity index (χ0v) is 12.3. The summed E-state index contributed by atoms with van der Waals surface area (Å²) in [5, 5.41) is 6.47. The van der Waals surface area contributed by atoms with Gasteiger partial charge in [-0.05, 0) is 6.92 Å². The maximum atomic E-state index is 12.2. The van der Waals surface area contributed by atoms with Crippen molar-refractivity contribution in [3.05, 3.63) is 39.9 Å². The number of carbonyl (C=O) groups is 1. The maximum Gasteiger partial charge on any atom is 0.258 e. The number of alkyl halides is 2. The van der Waals surface area contributed by atoms with E-state index in [4.69, 9.17) is 23.2 Å². The number of halogens is 4. The lowest BCUT2D eigenvalue weighted by atomic mass is 10.2. The van der Waals surface area contributed by atoms with Crippen LogP contribution in [0.5, 0.6) is 0 Å². The van der Waals surface area contributed by atoms with E-state index in [1.54, 1.807) is 6.92 Å². The first kappa shape index (κ1) is 15.7. The van der Waals surface area contributed by atoms with E-state index >= 15 is 0 Å². The van der Waals surface area contributed by atoms with Crippen molar-refractivity contribution in [1.29, 1.82) is 0 Å². The number of rotatable bonds is 4. The van der Waals surface area contributed by atoms with Crippen molar-refractivity contribution >= 4 is 34.8 Å². The predicted octanol–water partition coefficient (Wildman–Crippen LogP) is 3.41. The highest BCUT2D eigenvalue weighted by atomic mass is 35.5. The molecule has 21 heavy (non-hydrogen) atoms. The van der Waals surface area contributed by atoms with Crippen LogP contribution in [0.2, 0.25) is 10.0 Å². The molecule has 0 aliphatic rings. The summed E-state index contributed by atoms with van der Waals surface area (Å²) in [6.07, 6.45) is 1.32. The highest BCUT2D eigenvalue weighted by Gasteiger charge is 2.16. The summed E-state index contributed by atoms with van der Waals surface area (Å²) in [4.78, 5) is 16.0. The Morgan fingerprint density at radius 3 is 2.76 bits per heavy atom. The van der Waals surface area contributed by atoms with Gasteiger partial charge in [0, 0.05) is 12.4 Å². The third kappa shape index (κ3) is 3.68. The molecule has 2 aromatic rings. The van der Waals surface area contributed by atoms with Crippen LogP contribution in [0.4, 0.5) is 14.5 Å². The minimum absolute atomic E-state index is 0.0849. The average molecular weight is 335 g/mol. The Morgan fingerprint density at radius 2 is 2.10 bits per heavy atom. The van der Waals surface area contributed by atoms with E-state index in [9.17, 15) is 13.6 Å². The Labute approximate surface area is 128 Å². The molecule has 0 spiro atoms.